The van der Waals surface area contributed by atoms with E-state index in [1.54, 1.807) is 18.2 Å². The SMILES string of the molecule is CC(COc1ccc(Cl)c(Cl)c1)NCCCC(=O)O. The van der Waals surface area contributed by atoms with Crippen LogP contribution in [0.15, 0.2) is 18.2 Å². The monoisotopic (exact) mass is 305 g/mol. The van der Waals surface area contributed by atoms with Crippen molar-refractivity contribution >= 4 is 29.2 Å². The molecule has 1 aromatic carbocycles. The molecule has 1 rings (SSSR count). The predicted molar refractivity (Wildman–Crippen MR) is 76.3 cm³/mol. The van der Waals surface area contributed by atoms with Gasteiger partial charge in [-0.2, -0.15) is 0 Å². The van der Waals surface area contributed by atoms with Crippen LogP contribution in [0.4, 0.5) is 0 Å². The Hall–Kier alpha value is -0.970. The molecule has 0 spiro atoms. The van der Waals surface area contributed by atoms with Gasteiger partial charge in [0.2, 0.25) is 0 Å². The lowest BCUT2D eigenvalue weighted by atomic mass is 10.3. The summed E-state index contributed by atoms with van der Waals surface area (Å²) in [7, 11) is 0. The lowest BCUT2D eigenvalue weighted by Crippen LogP contribution is -2.32. The van der Waals surface area contributed by atoms with Crippen LogP contribution in [0, 0.1) is 0 Å². The highest BCUT2D eigenvalue weighted by molar-refractivity contribution is 6.42. The minimum absolute atomic E-state index is 0.128. The first kappa shape index (κ1) is 16.1. The molecule has 0 bridgehead atoms. The molecule has 0 aliphatic heterocycles. The first-order valence-electron chi connectivity index (χ1n) is 6.02. The average Bonchev–Trinajstić information content (AvgIpc) is 2.36. The van der Waals surface area contributed by atoms with Gasteiger partial charge in [-0.25, -0.2) is 0 Å². The number of halogens is 2. The van der Waals surface area contributed by atoms with Crippen LogP contribution in [0.1, 0.15) is 19.8 Å². The van der Waals surface area contributed by atoms with Crippen molar-refractivity contribution in [3.8, 4) is 5.75 Å². The second kappa shape index (κ2) is 8.25. The van der Waals surface area contributed by atoms with Crippen molar-refractivity contribution in [2.24, 2.45) is 0 Å². The molecule has 4 nitrogen and oxygen atoms in total. The van der Waals surface area contributed by atoms with Gasteiger partial charge in [-0.15, -0.1) is 0 Å². The Labute approximate surface area is 122 Å². The van der Waals surface area contributed by atoms with Crippen LogP contribution in [-0.4, -0.2) is 30.3 Å². The van der Waals surface area contributed by atoms with Crippen LogP contribution < -0.4 is 10.1 Å². The summed E-state index contributed by atoms with van der Waals surface area (Å²) in [5.74, 6) is -0.116. The van der Waals surface area contributed by atoms with E-state index in [2.05, 4.69) is 5.32 Å². The topological polar surface area (TPSA) is 58.6 Å². The Bertz CT molecular complexity index is 426. The van der Waals surface area contributed by atoms with E-state index >= 15 is 0 Å². The number of carbonyl (C=O) groups is 1. The maximum absolute atomic E-state index is 10.3. The first-order chi connectivity index (χ1) is 8.99. The summed E-state index contributed by atoms with van der Waals surface area (Å²) in [5, 5.41) is 12.6. The molecule has 0 fully saturated rings. The quantitative estimate of drug-likeness (QED) is 0.724. The molecule has 0 amide bonds. The van der Waals surface area contributed by atoms with Gasteiger partial charge in [0.05, 0.1) is 10.0 Å². The van der Waals surface area contributed by atoms with Gasteiger partial charge >= 0.3 is 5.97 Å². The van der Waals surface area contributed by atoms with Gasteiger partial charge in [0.1, 0.15) is 12.4 Å². The van der Waals surface area contributed by atoms with Gasteiger partial charge in [-0.3, -0.25) is 4.79 Å². The molecule has 0 aliphatic rings. The Balaban J connectivity index is 2.24. The fraction of sp³-hybridized carbons (Fsp3) is 0.462. The Morgan fingerprint density at radius 1 is 1.42 bits per heavy atom. The van der Waals surface area contributed by atoms with Crippen LogP contribution in [0.25, 0.3) is 0 Å². The van der Waals surface area contributed by atoms with E-state index in [4.69, 9.17) is 33.0 Å². The highest BCUT2D eigenvalue weighted by Crippen LogP contribution is 2.26. The Morgan fingerprint density at radius 2 is 2.16 bits per heavy atom. The van der Waals surface area contributed by atoms with Crippen LogP contribution in [0.2, 0.25) is 10.0 Å². The number of hydrogen-bond donors (Lipinski definition) is 2. The lowest BCUT2D eigenvalue weighted by molar-refractivity contribution is -0.137. The molecular formula is C13H17Cl2NO3. The minimum Gasteiger partial charge on any atom is -0.492 e. The standard InChI is InChI=1S/C13H17Cl2NO3/c1-9(16-6-2-3-13(17)18)8-19-10-4-5-11(14)12(15)7-10/h4-5,7,9,16H,2-3,6,8H2,1H3,(H,17,18). The molecule has 1 unspecified atom stereocenters. The summed E-state index contributed by atoms with van der Waals surface area (Å²) >= 11 is 11.7. The number of aliphatic carboxylic acids is 1. The van der Waals surface area contributed by atoms with Crippen molar-refractivity contribution in [1.29, 1.82) is 0 Å². The summed E-state index contributed by atoms with van der Waals surface area (Å²) < 4.78 is 5.56. The molecule has 19 heavy (non-hydrogen) atoms. The zero-order chi connectivity index (χ0) is 14.3. The molecule has 1 atom stereocenters. The van der Waals surface area contributed by atoms with Crippen molar-refractivity contribution in [3.63, 3.8) is 0 Å². The molecule has 0 radical (unpaired) electrons. The molecule has 1 aromatic rings. The fourth-order valence-corrected chi connectivity index (χ4v) is 1.72. The maximum atomic E-state index is 10.3. The van der Waals surface area contributed by atoms with E-state index in [0.717, 1.165) is 0 Å². The van der Waals surface area contributed by atoms with E-state index in [0.29, 0.717) is 35.4 Å². The van der Waals surface area contributed by atoms with E-state index in [-0.39, 0.29) is 12.5 Å². The van der Waals surface area contributed by atoms with Gasteiger partial charge in [-0.1, -0.05) is 23.2 Å². The summed E-state index contributed by atoms with van der Waals surface area (Å²) in [6, 6.07) is 5.24. The van der Waals surface area contributed by atoms with Gasteiger partial charge in [-0.05, 0) is 32.0 Å². The number of benzene rings is 1. The zero-order valence-corrected chi connectivity index (χ0v) is 12.2. The van der Waals surface area contributed by atoms with Gasteiger partial charge in [0, 0.05) is 18.5 Å². The molecule has 2 N–H and O–H groups in total. The Kier molecular flexibility index (Phi) is 6.99. The van der Waals surface area contributed by atoms with Crippen LogP contribution in [0.3, 0.4) is 0 Å². The number of hydrogen-bond acceptors (Lipinski definition) is 3. The van der Waals surface area contributed by atoms with E-state index < -0.39 is 5.97 Å². The molecule has 106 valence electrons. The summed E-state index contributed by atoms with van der Waals surface area (Å²) in [4.78, 5) is 10.3. The van der Waals surface area contributed by atoms with Crippen molar-refractivity contribution in [2.75, 3.05) is 13.2 Å². The second-order valence-electron chi connectivity index (χ2n) is 4.24. The van der Waals surface area contributed by atoms with Crippen LogP contribution in [-0.2, 0) is 4.79 Å². The minimum atomic E-state index is -0.776. The zero-order valence-electron chi connectivity index (χ0n) is 10.7. The number of ether oxygens (including phenoxy) is 1. The van der Waals surface area contributed by atoms with Gasteiger partial charge < -0.3 is 15.2 Å². The Morgan fingerprint density at radius 3 is 2.79 bits per heavy atom. The average molecular weight is 306 g/mol. The maximum Gasteiger partial charge on any atom is 0.303 e. The third kappa shape index (κ3) is 6.66. The second-order valence-corrected chi connectivity index (χ2v) is 5.05. The number of carboxylic acid groups (broad SMARTS) is 1. The third-order valence-electron chi connectivity index (χ3n) is 2.45. The molecule has 0 saturated heterocycles. The molecule has 0 aliphatic carbocycles. The van der Waals surface area contributed by atoms with Crippen LogP contribution >= 0.6 is 23.2 Å². The van der Waals surface area contributed by atoms with Crippen molar-refractivity contribution < 1.29 is 14.6 Å². The fourth-order valence-electron chi connectivity index (χ4n) is 1.43. The van der Waals surface area contributed by atoms with Gasteiger partial charge in [0.15, 0.2) is 0 Å². The summed E-state index contributed by atoms with van der Waals surface area (Å²) in [6.45, 7) is 3.10. The first-order valence-corrected chi connectivity index (χ1v) is 6.77. The highest BCUT2D eigenvalue weighted by atomic mass is 35.5. The third-order valence-corrected chi connectivity index (χ3v) is 3.19. The van der Waals surface area contributed by atoms with Crippen LogP contribution in [0.5, 0.6) is 5.75 Å². The largest absolute Gasteiger partial charge is 0.492 e. The van der Waals surface area contributed by atoms with E-state index in [1.165, 1.54) is 0 Å². The number of rotatable bonds is 8. The smallest absolute Gasteiger partial charge is 0.303 e. The number of carboxylic acids is 1. The predicted octanol–water partition coefficient (Wildman–Crippen LogP) is 3.22. The van der Waals surface area contributed by atoms with E-state index in [1.807, 2.05) is 6.92 Å². The number of nitrogens with one attached hydrogen (secondary N) is 1. The normalized spacial score (nSPS) is 12.2. The summed E-state index contributed by atoms with van der Waals surface area (Å²) in [5.41, 5.74) is 0. The molecule has 0 saturated carbocycles. The van der Waals surface area contributed by atoms with Crippen molar-refractivity contribution in [2.45, 2.75) is 25.8 Å². The lowest BCUT2D eigenvalue weighted by Gasteiger charge is -2.15. The highest BCUT2D eigenvalue weighted by Gasteiger charge is 2.05. The van der Waals surface area contributed by atoms with Crippen molar-refractivity contribution in [3.05, 3.63) is 28.2 Å². The van der Waals surface area contributed by atoms with E-state index in [9.17, 15) is 4.79 Å². The van der Waals surface area contributed by atoms with Gasteiger partial charge in [0.25, 0.3) is 0 Å². The summed E-state index contributed by atoms with van der Waals surface area (Å²) in [6.07, 6.45) is 0.778. The molecular weight excluding hydrogens is 289 g/mol. The molecule has 6 heteroatoms. The van der Waals surface area contributed by atoms with Crippen molar-refractivity contribution in [1.82, 2.24) is 5.32 Å². The molecule has 0 aromatic heterocycles. The molecule has 0 heterocycles.